The predicted octanol–water partition coefficient (Wildman–Crippen LogP) is 4.42. The van der Waals surface area contributed by atoms with E-state index in [0.29, 0.717) is 28.2 Å². The lowest BCUT2D eigenvalue weighted by molar-refractivity contribution is -0.137. The molecular weight excluding hydrogens is 327 g/mol. The van der Waals surface area contributed by atoms with Crippen LogP contribution >= 0.6 is 15.9 Å². The lowest BCUT2D eigenvalue weighted by Gasteiger charge is -1.99. The van der Waals surface area contributed by atoms with Crippen molar-refractivity contribution >= 4 is 28.0 Å². The van der Waals surface area contributed by atoms with Crippen LogP contribution < -0.4 is 0 Å². The molecular formula is C15H12BrFO3. The Morgan fingerprint density at radius 2 is 2.20 bits per heavy atom. The minimum absolute atomic E-state index is 0.316. The number of hydrogen-bond donors (Lipinski definition) is 0. The summed E-state index contributed by atoms with van der Waals surface area (Å²) in [4.78, 5) is 11.2. The van der Waals surface area contributed by atoms with Crippen LogP contribution in [0.4, 0.5) is 4.39 Å². The quantitative estimate of drug-likeness (QED) is 0.611. The van der Waals surface area contributed by atoms with E-state index in [-0.39, 0.29) is 5.82 Å². The summed E-state index contributed by atoms with van der Waals surface area (Å²) in [6.45, 7) is 2.05. The Kier molecular flexibility index (Phi) is 4.74. The van der Waals surface area contributed by atoms with Gasteiger partial charge in [-0.15, -0.1) is 0 Å². The third kappa shape index (κ3) is 3.57. The highest BCUT2D eigenvalue weighted by Crippen LogP contribution is 2.27. The number of esters is 1. The maximum atomic E-state index is 13.8. The van der Waals surface area contributed by atoms with Crippen LogP contribution in [0.3, 0.4) is 0 Å². The third-order valence-corrected chi connectivity index (χ3v) is 2.99. The van der Waals surface area contributed by atoms with E-state index in [1.807, 2.05) is 0 Å². The first kappa shape index (κ1) is 14.5. The molecule has 2 aromatic rings. The molecule has 0 aliphatic carbocycles. The highest BCUT2D eigenvalue weighted by Gasteiger charge is 2.09. The Morgan fingerprint density at radius 3 is 2.90 bits per heavy atom. The normalized spacial score (nSPS) is 10.9. The van der Waals surface area contributed by atoms with Gasteiger partial charge in [0.25, 0.3) is 0 Å². The molecule has 1 aromatic carbocycles. The summed E-state index contributed by atoms with van der Waals surface area (Å²) in [5.74, 6) is 0.0313. The molecule has 0 saturated carbocycles. The maximum Gasteiger partial charge on any atom is 0.330 e. The smallest absolute Gasteiger partial charge is 0.330 e. The van der Waals surface area contributed by atoms with Crippen LogP contribution in [0.5, 0.6) is 0 Å². The Balaban J connectivity index is 2.18. The van der Waals surface area contributed by atoms with Gasteiger partial charge in [-0.1, -0.05) is 15.9 Å². The number of carbonyl (C=O) groups is 1. The molecule has 3 nitrogen and oxygen atoms in total. The summed E-state index contributed by atoms with van der Waals surface area (Å²) in [5.41, 5.74) is 0.365. The van der Waals surface area contributed by atoms with Crippen LogP contribution in [-0.4, -0.2) is 12.6 Å². The average molecular weight is 339 g/mol. The van der Waals surface area contributed by atoms with Crippen molar-refractivity contribution in [1.29, 1.82) is 0 Å². The Hall–Kier alpha value is -1.88. The largest absolute Gasteiger partial charge is 0.463 e. The van der Waals surface area contributed by atoms with Crippen LogP contribution in [0.2, 0.25) is 0 Å². The van der Waals surface area contributed by atoms with Crippen molar-refractivity contribution in [3.63, 3.8) is 0 Å². The average Bonchev–Trinajstić information content (AvgIpc) is 2.85. The summed E-state index contributed by atoms with van der Waals surface area (Å²) in [5, 5.41) is 0. The van der Waals surface area contributed by atoms with Crippen LogP contribution in [-0.2, 0) is 9.53 Å². The van der Waals surface area contributed by atoms with E-state index >= 15 is 0 Å². The van der Waals surface area contributed by atoms with Gasteiger partial charge < -0.3 is 9.15 Å². The van der Waals surface area contributed by atoms with Crippen LogP contribution in [0.25, 0.3) is 17.4 Å². The Labute approximate surface area is 124 Å². The van der Waals surface area contributed by atoms with Crippen molar-refractivity contribution < 1.29 is 18.3 Å². The van der Waals surface area contributed by atoms with Gasteiger partial charge in [0, 0.05) is 10.5 Å². The van der Waals surface area contributed by atoms with Gasteiger partial charge in [-0.2, -0.15) is 0 Å². The molecule has 0 N–H and O–H groups in total. The molecule has 0 spiro atoms. The van der Waals surface area contributed by atoms with Crippen LogP contribution in [0.1, 0.15) is 12.7 Å². The summed E-state index contributed by atoms with van der Waals surface area (Å²) in [7, 11) is 0. The lowest BCUT2D eigenvalue weighted by Crippen LogP contribution is -1.98. The molecule has 2 rings (SSSR count). The number of furan rings is 1. The molecule has 0 radical (unpaired) electrons. The van der Waals surface area contributed by atoms with E-state index in [4.69, 9.17) is 9.15 Å². The summed E-state index contributed by atoms with van der Waals surface area (Å²) < 4.78 is 24.7. The minimum Gasteiger partial charge on any atom is -0.463 e. The van der Waals surface area contributed by atoms with Crippen molar-refractivity contribution in [3.8, 4) is 11.3 Å². The highest BCUT2D eigenvalue weighted by atomic mass is 79.9. The molecule has 0 unspecified atom stereocenters. The van der Waals surface area contributed by atoms with Crippen molar-refractivity contribution in [1.82, 2.24) is 0 Å². The maximum absolute atomic E-state index is 13.8. The SMILES string of the molecule is CCOC(=O)/C=C/c1ccc(-c2ccc(Br)cc2F)o1. The number of rotatable bonds is 4. The standard InChI is InChI=1S/C15H12BrFO3/c1-2-19-15(18)8-5-11-4-7-14(20-11)12-6-3-10(16)9-13(12)17/h3-9H,2H2,1H3/b8-5+. The molecule has 1 heterocycles. The summed E-state index contributed by atoms with van der Waals surface area (Å²) >= 11 is 3.20. The molecule has 0 aliphatic rings. The van der Waals surface area contributed by atoms with Gasteiger partial charge >= 0.3 is 5.97 Å². The molecule has 0 bridgehead atoms. The highest BCUT2D eigenvalue weighted by molar-refractivity contribution is 9.10. The Bertz CT molecular complexity index is 646. The molecule has 0 aliphatic heterocycles. The van der Waals surface area contributed by atoms with E-state index in [2.05, 4.69) is 15.9 Å². The lowest BCUT2D eigenvalue weighted by atomic mass is 10.1. The molecule has 0 amide bonds. The van der Waals surface area contributed by atoms with Gasteiger partial charge in [0.15, 0.2) is 0 Å². The zero-order valence-corrected chi connectivity index (χ0v) is 12.3. The number of hydrogen-bond acceptors (Lipinski definition) is 3. The number of carbonyl (C=O) groups excluding carboxylic acids is 1. The van der Waals surface area contributed by atoms with E-state index in [1.165, 1.54) is 18.2 Å². The summed E-state index contributed by atoms with van der Waals surface area (Å²) in [6.07, 6.45) is 2.75. The topological polar surface area (TPSA) is 39.4 Å². The van der Waals surface area contributed by atoms with Gasteiger partial charge in [0.05, 0.1) is 12.2 Å². The van der Waals surface area contributed by atoms with E-state index in [9.17, 15) is 9.18 Å². The first-order chi connectivity index (χ1) is 9.60. The fourth-order valence-corrected chi connectivity index (χ4v) is 1.95. The van der Waals surface area contributed by atoms with Crippen molar-refractivity contribution in [2.45, 2.75) is 6.92 Å². The molecule has 0 saturated heterocycles. The second kappa shape index (κ2) is 6.52. The van der Waals surface area contributed by atoms with Gasteiger partial charge in [-0.25, -0.2) is 9.18 Å². The number of ether oxygens (including phenoxy) is 1. The zero-order valence-electron chi connectivity index (χ0n) is 10.7. The second-order valence-corrected chi connectivity index (χ2v) is 4.83. The molecule has 5 heteroatoms. The Morgan fingerprint density at radius 1 is 1.40 bits per heavy atom. The molecule has 1 aromatic heterocycles. The zero-order chi connectivity index (χ0) is 14.5. The third-order valence-electron chi connectivity index (χ3n) is 2.49. The van der Waals surface area contributed by atoms with Crippen LogP contribution in [0.15, 0.2) is 45.3 Å². The fourth-order valence-electron chi connectivity index (χ4n) is 1.62. The number of benzene rings is 1. The molecule has 104 valence electrons. The fraction of sp³-hybridized carbons (Fsp3) is 0.133. The molecule has 0 atom stereocenters. The molecule has 0 fully saturated rings. The van der Waals surface area contributed by atoms with Gasteiger partial charge in [0.2, 0.25) is 0 Å². The van der Waals surface area contributed by atoms with Crippen LogP contribution in [0, 0.1) is 5.82 Å². The van der Waals surface area contributed by atoms with Gasteiger partial charge in [0.1, 0.15) is 17.3 Å². The first-order valence-electron chi connectivity index (χ1n) is 6.00. The van der Waals surface area contributed by atoms with E-state index in [1.54, 1.807) is 31.2 Å². The number of halogens is 2. The summed E-state index contributed by atoms with van der Waals surface area (Å²) in [6, 6.07) is 8.03. The van der Waals surface area contributed by atoms with E-state index < -0.39 is 5.97 Å². The van der Waals surface area contributed by atoms with Gasteiger partial charge in [-0.05, 0) is 43.3 Å². The minimum atomic E-state index is -0.444. The van der Waals surface area contributed by atoms with Crippen molar-refractivity contribution in [2.75, 3.05) is 6.61 Å². The van der Waals surface area contributed by atoms with Crippen molar-refractivity contribution in [3.05, 3.63) is 52.5 Å². The van der Waals surface area contributed by atoms with Gasteiger partial charge in [-0.3, -0.25) is 0 Å². The molecule has 20 heavy (non-hydrogen) atoms. The van der Waals surface area contributed by atoms with Crippen molar-refractivity contribution in [2.24, 2.45) is 0 Å². The first-order valence-corrected chi connectivity index (χ1v) is 6.79. The second-order valence-electron chi connectivity index (χ2n) is 3.91. The monoisotopic (exact) mass is 338 g/mol. The predicted molar refractivity (Wildman–Crippen MR) is 77.5 cm³/mol. The van der Waals surface area contributed by atoms with E-state index in [0.717, 1.165) is 0 Å².